The summed E-state index contributed by atoms with van der Waals surface area (Å²) in [5.74, 6) is 1.58. The molecule has 0 spiro atoms. The zero-order valence-corrected chi connectivity index (χ0v) is 13.2. The maximum atomic E-state index is 12.3. The summed E-state index contributed by atoms with van der Waals surface area (Å²) in [7, 11) is 0. The lowest BCUT2D eigenvalue weighted by Gasteiger charge is -2.38. The van der Waals surface area contributed by atoms with Crippen LogP contribution in [0.25, 0.3) is 11.0 Å². The van der Waals surface area contributed by atoms with Crippen LogP contribution in [0.5, 0.6) is 11.5 Å². The van der Waals surface area contributed by atoms with Gasteiger partial charge in [0, 0.05) is 28.3 Å². The molecular formula is C20H16O4. The van der Waals surface area contributed by atoms with Gasteiger partial charge in [-0.3, -0.25) is 0 Å². The van der Waals surface area contributed by atoms with Crippen LogP contribution in [0.3, 0.4) is 0 Å². The number of hydrogen-bond acceptors (Lipinski definition) is 4. The van der Waals surface area contributed by atoms with Gasteiger partial charge in [0.05, 0.1) is 13.2 Å². The molecule has 0 amide bonds. The first kappa shape index (κ1) is 13.7. The summed E-state index contributed by atoms with van der Waals surface area (Å²) < 4.78 is 17.4. The second-order valence-corrected chi connectivity index (χ2v) is 6.46. The lowest BCUT2D eigenvalue weighted by molar-refractivity contribution is 0.164. The second kappa shape index (κ2) is 4.87. The van der Waals surface area contributed by atoms with E-state index in [1.165, 1.54) is 0 Å². The lowest BCUT2D eigenvalue weighted by atomic mass is 9.77. The van der Waals surface area contributed by atoms with Crippen LogP contribution in [-0.4, -0.2) is 13.2 Å². The molecule has 0 N–H and O–H groups in total. The van der Waals surface area contributed by atoms with E-state index in [-0.39, 0.29) is 11.8 Å². The van der Waals surface area contributed by atoms with Crippen LogP contribution < -0.4 is 15.1 Å². The van der Waals surface area contributed by atoms with Crippen molar-refractivity contribution in [2.24, 2.45) is 0 Å². The minimum Gasteiger partial charge on any atom is -0.492 e. The average molecular weight is 320 g/mol. The molecule has 24 heavy (non-hydrogen) atoms. The number of hydrogen-bond donors (Lipinski definition) is 0. The summed E-state index contributed by atoms with van der Waals surface area (Å²) in [5, 5.41) is 0.932. The van der Waals surface area contributed by atoms with Gasteiger partial charge in [0.1, 0.15) is 11.3 Å². The van der Waals surface area contributed by atoms with Crippen molar-refractivity contribution in [1.29, 1.82) is 0 Å². The summed E-state index contributed by atoms with van der Waals surface area (Å²) in [6.45, 7) is 3.08. The summed E-state index contributed by atoms with van der Waals surface area (Å²) >= 11 is 0. The molecule has 2 aliphatic rings. The van der Waals surface area contributed by atoms with Crippen molar-refractivity contribution < 1.29 is 13.9 Å². The van der Waals surface area contributed by atoms with Crippen LogP contribution >= 0.6 is 0 Å². The van der Waals surface area contributed by atoms with Gasteiger partial charge in [0.15, 0.2) is 0 Å². The molecule has 4 nitrogen and oxygen atoms in total. The molecule has 0 saturated heterocycles. The molecule has 1 aromatic heterocycles. The molecule has 2 atom stereocenters. The van der Waals surface area contributed by atoms with Gasteiger partial charge in [-0.2, -0.15) is 0 Å². The maximum absolute atomic E-state index is 12.3. The molecule has 2 aromatic carbocycles. The van der Waals surface area contributed by atoms with Crippen molar-refractivity contribution in [2.45, 2.75) is 18.8 Å². The fourth-order valence-corrected chi connectivity index (χ4v) is 4.00. The molecule has 3 aromatic rings. The van der Waals surface area contributed by atoms with Crippen molar-refractivity contribution in [3.8, 4) is 11.5 Å². The Balaban J connectivity index is 1.77. The van der Waals surface area contributed by atoms with Gasteiger partial charge in [-0.15, -0.1) is 0 Å². The third kappa shape index (κ3) is 1.77. The third-order valence-electron chi connectivity index (χ3n) is 5.12. The molecule has 5 rings (SSSR count). The first-order valence-corrected chi connectivity index (χ1v) is 8.15. The molecular weight excluding hydrogens is 304 g/mol. The maximum Gasteiger partial charge on any atom is 0.379 e. The fourth-order valence-electron chi connectivity index (χ4n) is 4.00. The van der Waals surface area contributed by atoms with Gasteiger partial charge in [-0.25, -0.2) is 4.79 Å². The molecule has 0 radical (unpaired) electrons. The van der Waals surface area contributed by atoms with Crippen LogP contribution in [0, 0.1) is 6.92 Å². The molecule has 4 heteroatoms. The van der Waals surface area contributed by atoms with Crippen LogP contribution in [0.15, 0.2) is 51.7 Å². The second-order valence-electron chi connectivity index (χ2n) is 6.46. The summed E-state index contributed by atoms with van der Waals surface area (Å²) in [6.07, 6.45) is 0. The zero-order valence-electron chi connectivity index (χ0n) is 13.2. The average Bonchev–Trinajstić information content (AvgIpc) is 2.61. The highest BCUT2D eigenvalue weighted by Crippen LogP contribution is 2.49. The first-order chi connectivity index (χ1) is 11.7. The SMILES string of the molecule is Cc1cccc2c1OC[C@H]1c3c(c(=O)oc4ccccc34)OC[C@@H]21. The monoisotopic (exact) mass is 320 g/mol. The van der Waals surface area contributed by atoms with E-state index in [1.54, 1.807) is 0 Å². The van der Waals surface area contributed by atoms with E-state index in [2.05, 4.69) is 19.1 Å². The van der Waals surface area contributed by atoms with Gasteiger partial charge in [0.2, 0.25) is 5.75 Å². The zero-order chi connectivity index (χ0) is 16.3. The van der Waals surface area contributed by atoms with Gasteiger partial charge < -0.3 is 13.9 Å². The predicted molar refractivity (Wildman–Crippen MR) is 90.1 cm³/mol. The molecule has 0 unspecified atom stereocenters. The van der Waals surface area contributed by atoms with Crippen LogP contribution in [0.1, 0.15) is 28.5 Å². The minimum absolute atomic E-state index is 0.0945. The smallest absolute Gasteiger partial charge is 0.379 e. The molecule has 3 heterocycles. The highest BCUT2D eigenvalue weighted by atomic mass is 16.5. The van der Waals surface area contributed by atoms with Gasteiger partial charge in [-0.05, 0) is 18.6 Å². The van der Waals surface area contributed by atoms with E-state index in [9.17, 15) is 4.79 Å². The molecule has 2 aliphatic heterocycles. The van der Waals surface area contributed by atoms with Crippen LogP contribution in [-0.2, 0) is 0 Å². The lowest BCUT2D eigenvalue weighted by Crippen LogP contribution is -2.34. The topological polar surface area (TPSA) is 48.7 Å². The Morgan fingerprint density at radius 2 is 1.71 bits per heavy atom. The van der Waals surface area contributed by atoms with E-state index in [0.29, 0.717) is 24.5 Å². The van der Waals surface area contributed by atoms with E-state index in [0.717, 1.165) is 27.8 Å². The Bertz CT molecular complexity index is 1020. The van der Waals surface area contributed by atoms with Gasteiger partial charge in [-0.1, -0.05) is 36.4 Å². The Labute approximate surface area is 138 Å². The van der Waals surface area contributed by atoms with Crippen LogP contribution in [0.2, 0.25) is 0 Å². The Morgan fingerprint density at radius 1 is 0.917 bits per heavy atom. The highest BCUT2D eigenvalue weighted by Gasteiger charge is 2.40. The van der Waals surface area contributed by atoms with Crippen molar-refractivity contribution in [2.75, 3.05) is 13.2 Å². The molecule has 0 aliphatic carbocycles. The predicted octanol–water partition coefficient (Wildman–Crippen LogP) is 3.75. The fraction of sp³-hybridized carbons (Fsp3) is 0.250. The van der Waals surface area contributed by atoms with E-state index >= 15 is 0 Å². The minimum atomic E-state index is -0.405. The molecule has 0 saturated carbocycles. The van der Waals surface area contributed by atoms with E-state index in [1.807, 2.05) is 30.3 Å². The Hall–Kier alpha value is -2.75. The number of rotatable bonds is 0. The summed E-state index contributed by atoms with van der Waals surface area (Å²) in [4.78, 5) is 12.3. The van der Waals surface area contributed by atoms with Crippen molar-refractivity contribution >= 4 is 11.0 Å². The number of ether oxygens (including phenoxy) is 2. The van der Waals surface area contributed by atoms with Crippen molar-refractivity contribution in [1.82, 2.24) is 0 Å². The normalized spacial score (nSPS) is 21.2. The summed E-state index contributed by atoms with van der Waals surface area (Å²) in [6, 6.07) is 13.8. The van der Waals surface area contributed by atoms with Gasteiger partial charge in [0.25, 0.3) is 0 Å². The number of aryl methyl sites for hydroxylation is 1. The largest absolute Gasteiger partial charge is 0.492 e. The molecule has 0 fully saturated rings. The van der Waals surface area contributed by atoms with Crippen LogP contribution in [0.4, 0.5) is 0 Å². The van der Waals surface area contributed by atoms with Gasteiger partial charge >= 0.3 is 5.63 Å². The quantitative estimate of drug-likeness (QED) is 0.592. The highest BCUT2D eigenvalue weighted by molar-refractivity contribution is 5.83. The third-order valence-corrected chi connectivity index (χ3v) is 5.12. The molecule has 120 valence electrons. The Morgan fingerprint density at radius 3 is 2.62 bits per heavy atom. The first-order valence-electron chi connectivity index (χ1n) is 8.15. The van der Waals surface area contributed by atoms with E-state index < -0.39 is 5.63 Å². The Kier molecular flexibility index (Phi) is 2.77. The number of para-hydroxylation sites is 2. The molecule has 0 bridgehead atoms. The van der Waals surface area contributed by atoms with Crippen molar-refractivity contribution in [3.63, 3.8) is 0 Å². The van der Waals surface area contributed by atoms with E-state index in [4.69, 9.17) is 13.9 Å². The summed E-state index contributed by atoms with van der Waals surface area (Å²) in [5.41, 5.74) is 3.41. The standard InChI is InChI=1S/C20H16O4/c1-11-5-4-7-12-14-9-23-19-17(15(14)10-22-18(11)12)13-6-2-3-8-16(13)24-20(19)21/h2-8,14-15H,9-10H2,1H3/t14-,15+/m0/s1. The number of benzene rings is 2. The number of fused-ring (bicyclic) bond motifs is 7. The van der Waals surface area contributed by atoms with Crippen molar-refractivity contribution in [3.05, 3.63) is 69.6 Å².